The Morgan fingerprint density at radius 3 is 2.93 bits per heavy atom. The van der Waals surface area contributed by atoms with Crippen LogP contribution in [-0.4, -0.2) is 22.8 Å². The van der Waals surface area contributed by atoms with E-state index in [1.807, 2.05) is 22.6 Å². The maximum atomic E-state index is 12.9. The summed E-state index contributed by atoms with van der Waals surface area (Å²) in [5.41, 5.74) is 0.282. The highest BCUT2D eigenvalue weighted by molar-refractivity contribution is 14.1. The largest absolute Gasteiger partial charge is 0.462 e. The van der Waals surface area contributed by atoms with Crippen LogP contribution >= 0.6 is 22.6 Å². The smallest absolute Gasteiger partial charge is 0.339 e. The average molecular weight is 335 g/mol. The van der Waals surface area contributed by atoms with Crippen molar-refractivity contribution in [3.8, 4) is 0 Å². The molecule has 0 heterocycles. The fourth-order valence-electron chi connectivity index (χ4n) is 0.969. The monoisotopic (exact) mass is 335 g/mol. The molecule has 1 aromatic rings. The molecule has 2 nitrogen and oxygen atoms in total. The third kappa shape index (κ3) is 3.90. The van der Waals surface area contributed by atoms with Crippen LogP contribution in [0.15, 0.2) is 18.2 Å². The van der Waals surface area contributed by atoms with Gasteiger partial charge in [-0.15, -0.1) is 0 Å². The van der Waals surface area contributed by atoms with Gasteiger partial charge in [-0.2, -0.15) is 0 Å². The number of carbonyl (C=O) groups is 1. The van der Waals surface area contributed by atoms with Crippen LogP contribution < -0.4 is 0 Å². The molecule has 0 fully saturated rings. The van der Waals surface area contributed by atoms with Crippen LogP contribution in [0, 0.1) is 9.39 Å². The third-order valence-corrected chi connectivity index (χ3v) is 3.00. The highest BCUT2D eigenvalue weighted by Crippen LogP contribution is 2.15. The number of halogens is 2. The lowest BCUT2D eigenvalue weighted by molar-refractivity contribution is 0.0503. The molecule has 1 rings (SSSR count). The van der Waals surface area contributed by atoms with Crippen molar-refractivity contribution in [3.05, 3.63) is 33.1 Å². The molecule has 0 aliphatic carbocycles. The number of hydrogen-bond donors (Lipinski definition) is 0. The van der Waals surface area contributed by atoms with Gasteiger partial charge in [-0.3, -0.25) is 0 Å². The predicted octanol–water partition coefficient (Wildman–Crippen LogP) is 2.56. The van der Waals surface area contributed by atoms with Gasteiger partial charge in [0.1, 0.15) is 5.82 Å². The Labute approximate surface area is 105 Å². The molecule has 0 atom stereocenters. The van der Waals surface area contributed by atoms with Crippen LogP contribution in [0.1, 0.15) is 16.8 Å². The fraction of sp³-hybridized carbons (Fsp3) is 0.300. The molecule has 79 valence electrons. The van der Waals surface area contributed by atoms with E-state index in [1.54, 1.807) is 6.07 Å². The molecule has 0 aliphatic heterocycles. The zero-order valence-corrected chi connectivity index (χ0v) is 11.1. The molecule has 0 bridgehead atoms. The first-order chi connectivity index (χ1) is 7.15. The molecular formula is C10H9FIO2Si. The van der Waals surface area contributed by atoms with E-state index in [0.717, 1.165) is 12.5 Å². The molecule has 0 N–H and O–H groups in total. The second-order valence-electron chi connectivity index (χ2n) is 2.86. The van der Waals surface area contributed by atoms with Crippen molar-refractivity contribution in [1.82, 2.24) is 0 Å². The van der Waals surface area contributed by atoms with Crippen molar-refractivity contribution < 1.29 is 13.9 Å². The van der Waals surface area contributed by atoms with Crippen molar-refractivity contribution >= 4 is 38.8 Å². The molecule has 0 amide bonds. The van der Waals surface area contributed by atoms with Crippen molar-refractivity contribution in [1.29, 1.82) is 0 Å². The highest BCUT2D eigenvalue weighted by Gasteiger charge is 2.11. The van der Waals surface area contributed by atoms with E-state index in [9.17, 15) is 9.18 Å². The summed E-state index contributed by atoms with van der Waals surface area (Å²) in [7, 11) is 3.27. The Balaban J connectivity index is 2.68. The minimum absolute atomic E-state index is 0.282. The summed E-state index contributed by atoms with van der Waals surface area (Å²) >= 11 is 1.98. The Hall–Kier alpha value is -0.433. The van der Waals surface area contributed by atoms with Crippen LogP contribution in [0.2, 0.25) is 6.04 Å². The molecule has 0 spiro atoms. The second kappa shape index (κ2) is 6.22. The Morgan fingerprint density at radius 2 is 2.27 bits per heavy atom. The number of hydrogen-bond acceptors (Lipinski definition) is 2. The van der Waals surface area contributed by atoms with Gasteiger partial charge in [0, 0.05) is 13.8 Å². The maximum Gasteiger partial charge on any atom is 0.339 e. The highest BCUT2D eigenvalue weighted by atomic mass is 127. The third-order valence-electron chi connectivity index (χ3n) is 1.70. The summed E-state index contributed by atoms with van der Waals surface area (Å²) in [5.74, 6) is -0.901. The van der Waals surface area contributed by atoms with Crippen molar-refractivity contribution in [3.63, 3.8) is 0 Å². The van der Waals surface area contributed by atoms with E-state index in [0.29, 0.717) is 10.2 Å². The number of carbonyl (C=O) groups excluding carboxylic acids is 1. The molecule has 15 heavy (non-hydrogen) atoms. The number of esters is 1. The van der Waals surface area contributed by atoms with E-state index in [4.69, 9.17) is 4.74 Å². The van der Waals surface area contributed by atoms with Crippen LogP contribution in [-0.2, 0) is 4.74 Å². The van der Waals surface area contributed by atoms with Gasteiger partial charge >= 0.3 is 5.97 Å². The van der Waals surface area contributed by atoms with Crippen LogP contribution in [0.5, 0.6) is 0 Å². The first kappa shape index (κ1) is 12.6. The zero-order valence-electron chi connectivity index (χ0n) is 7.93. The lowest BCUT2D eigenvalue weighted by Gasteiger charge is -2.05. The SMILES string of the molecule is O=C(OCCC[Si])c1cc(F)ccc1I. The van der Waals surface area contributed by atoms with Gasteiger partial charge in [0.05, 0.1) is 12.2 Å². The molecule has 5 heteroatoms. The van der Waals surface area contributed by atoms with Crippen molar-refractivity contribution in [2.45, 2.75) is 12.5 Å². The molecule has 0 saturated heterocycles. The fourth-order valence-corrected chi connectivity index (χ4v) is 1.67. The molecule has 3 radical (unpaired) electrons. The van der Waals surface area contributed by atoms with Gasteiger partial charge in [-0.1, -0.05) is 6.04 Å². The Bertz CT molecular complexity index is 357. The van der Waals surface area contributed by atoms with E-state index in [1.165, 1.54) is 12.1 Å². The Morgan fingerprint density at radius 1 is 1.53 bits per heavy atom. The van der Waals surface area contributed by atoms with Gasteiger partial charge in [0.15, 0.2) is 0 Å². The standard InChI is InChI=1S/C10H9FIO2Si/c11-7-2-3-9(12)8(6-7)10(13)14-4-1-5-15/h2-3,6H,1,4-5H2. The van der Waals surface area contributed by atoms with Gasteiger partial charge in [0.2, 0.25) is 0 Å². The van der Waals surface area contributed by atoms with Gasteiger partial charge < -0.3 is 4.74 Å². The van der Waals surface area contributed by atoms with E-state index >= 15 is 0 Å². The predicted molar refractivity (Wildman–Crippen MR) is 64.6 cm³/mol. The minimum atomic E-state index is -0.473. The summed E-state index contributed by atoms with van der Waals surface area (Å²) in [4.78, 5) is 11.5. The lowest BCUT2D eigenvalue weighted by Crippen LogP contribution is -2.08. The number of ether oxygens (including phenoxy) is 1. The van der Waals surface area contributed by atoms with E-state index in [2.05, 4.69) is 10.2 Å². The van der Waals surface area contributed by atoms with Gasteiger partial charge in [-0.05, 0) is 47.2 Å². The summed E-state index contributed by atoms with van der Waals surface area (Å²) in [6.45, 7) is 0.342. The van der Waals surface area contributed by atoms with Crippen molar-refractivity contribution in [2.75, 3.05) is 6.61 Å². The minimum Gasteiger partial charge on any atom is -0.462 e. The summed E-state index contributed by atoms with van der Waals surface area (Å²) in [6, 6.07) is 4.83. The lowest BCUT2D eigenvalue weighted by atomic mass is 10.2. The van der Waals surface area contributed by atoms with Crippen LogP contribution in [0.4, 0.5) is 4.39 Å². The molecule has 0 aromatic heterocycles. The first-order valence-electron chi connectivity index (χ1n) is 4.42. The summed E-state index contributed by atoms with van der Waals surface area (Å²) in [6.07, 6.45) is 0.745. The maximum absolute atomic E-state index is 12.9. The first-order valence-corrected chi connectivity index (χ1v) is 6.20. The van der Waals surface area contributed by atoms with E-state index in [-0.39, 0.29) is 5.56 Å². The topological polar surface area (TPSA) is 26.3 Å². The zero-order chi connectivity index (χ0) is 11.3. The van der Waals surface area contributed by atoms with Gasteiger partial charge in [-0.25, -0.2) is 9.18 Å². The molecule has 0 aliphatic rings. The average Bonchev–Trinajstić information content (AvgIpc) is 2.22. The molecular weight excluding hydrogens is 326 g/mol. The number of rotatable bonds is 4. The normalized spacial score (nSPS) is 10.1. The molecule has 1 aromatic carbocycles. The quantitative estimate of drug-likeness (QED) is 0.366. The van der Waals surface area contributed by atoms with Crippen LogP contribution in [0.3, 0.4) is 0 Å². The van der Waals surface area contributed by atoms with Gasteiger partial charge in [0.25, 0.3) is 0 Å². The summed E-state index contributed by atoms with van der Waals surface area (Å²) in [5, 5.41) is 0. The van der Waals surface area contributed by atoms with Crippen molar-refractivity contribution in [2.24, 2.45) is 0 Å². The molecule has 0 saturated carbocycles. The molecule has 0 unspecified atom stereocenters. The van der Waals surface area contributed by atoms with E-state index < -0.39 is 11.8 Å². The Kier molecular flexibility index (Phi) is 5.24. The summed E-state index contributed by atoms with van der Waals surface area (Å²) < 4.78 is 18.5. The second-order valence-corrected chi connectivity index (χ2v) is 4.53. The van der Waals surface area contributed by atoms with Crippen LogP contribution in [0.25, 0.3) is 0 Å². The number of benzene rings is 1.